The summed E-state index contributed by atoms with van der Waals surface area (Å²) in [4.78, 5) is 12.0. The minimum atomic E-state index is -3.79. The summed E-state index contributed by atoms with van der Waals surface area (Å²) in [6.45, 7) is 0. The van der Waals surface area contributed by atoms with Gasteiger partial charge >= 0.3 is 0 Å². The van der Waals surface area contributed by atoms with E-state index in [2.05, 4.69) is 4.72 Å². The van der Waals surface area contributed by atoms with Crippen molar-refractivity contribution in [2.75, 3.05) is 5.75 Å². The minimum Gasteiger partial charge on any atom is -0.274 e. The Labute approximate surface area is 128 Å². The molecule has 5 nitrogen and oxygen atoms in total. The molecule has 2 aliphatic carbocycles. The van der Waals surface area contributed by atoms with Crippen molar-refractivity contribution in [3.8, 4) is 6.07 Å². The Morgan fingerprint density at radius 1 is 1.36 bits per heavy atom. The Balaban J connectivity index is 1.59. The van der Waals surface area contributed by atoms with Gasteiger partial charge in [0, 0.05) is 5.92 Å². The molecule has 0 aromatic heterocycles. The molecule has 116 valence electrons. The number of carbonyl (C=O) groups excluding carboxylic acids is 1. The lowest BCUT2D eigenvalue weighted by molar-refractivity contribution is -0.120. The van der Waals surface area contributed by atoms with Gasteiger partial charge in [-0.1, -0.05) is 12.1 Å². The third-order valence-corrected chi connectivity index (χ3v) is 5.68. The second kappa shape index (κ2) is 5.06. The van der Waals surface area contributed by atoms with Crippen LogP contribution in [0.3, 0.4) is 0 Å². The van der Waals surface area contributed by atoms with Gasteiger partial charge in [0.05, 0.1) is 17.2 Å². The monoisotopic (exact) mass is 322 g/mol. The number of carbonyl (C=O) groups is 1. The lowest BCUT2D eigenvalue weighted by Crippen LogP contribution is -2.36. The van der Waals surface area contributed by atoms with Gasteiger partial charge in [0.15, 0.2) is 0 Å². The number of hydrogen-bond acceptors (Lipinski definition) is 4. The molecule has 3 rings (SSSR count). The maximum atomic E-state index is 12.9. The number of nitriles is 1. The second-order valence-electron chi connectivity index (χ2n) is 6.12. The molecule has 22 heavy (non-hydrogen) atoms. The van der Waals surface area contributed by atoms with Crippen molar-refractivity contribution in [1.29, 1.82) is 5.26 Å². The first kappa shape index (κ1) is 15.0. The number of nitrogens with zero attached hydrogens (tertiary/aromatic N) is 1. The molecule has 2 aliphatic rings. The summed E-state index contributed by atoms with van der Waals surface area (Å²) < 4.78 is 38.8. The number of amides is 1. The van der Waals surface area contributed by atoms with E-state index in [0.717, 1.165) is 5.56 Å². The highest BCUT2D eigenvalue weighted by molar-refractivity contribution is 7.90. The van der Waals surface area contributed by atoms with Gasteiger partial charge in [0.2, 0.25) is 15.9 Å². The van der Waals surface area contributed by atoms with Gasteiger partial charge in [0.25, 0.3) is 0 Å². The van der Waals surface area contributed by atoms with Crippen LogP contribution in [0.15, 0.2) is 24.3 Å². The van der Waals surface area contributed by atoms with Crippen LogP contribution >= 0.6 is 0 Å². The fourth-order valence-electron chi connectivity index (χ4n) is 2.63. The van der Waals surface area contributed by atoms with Crippen molar-refractivity contribution in [2.45, 2.75) is 25.2 Å². The van der Waals surface area contributed by atoms with Crippen molar-refractivity contribution >= 4 is 15.9 Å². The first-order valence-electron chi connectivity index (χ1n) is 7.05. The van der Waals surface area contributed by atoms with Crippen LogP contribution in [-0.2, 0) is 14.8 Å². The maximum Gasteiger partial charge on any atom is 0.237 e. The molecule has 1 aromatic rings. The topological polar surface area (TPSA) is 87.0 Å². The molecule has 2 atom stereocenters. The van der Waals surface area contributed by atoms with E-state index >= 15 is 0 Å². The third-order valence-electron chi connectivity index (χ3n) is 4.24. The van der Waals surface area contributed by atoms with E-state index in [1.807, 2.05) is 6.07 Å². The number of benzene rings is 1. The van der Waals surface area contributed by atoms with Crippen LogP contribution in [-0.4, -0.2) is 20.1 Å². The van der Waals surface area contributed by atoms with Gasteiger partial charge in [-0.3, -0.25) is 9.52 Å². The Bertz CT molecular complexity index is 748. The van der Waals surface area contributed by atoms with E-state index in [9.17, 15) is 17.6 Å². The summed E-state index contributed by atoms with van der Waals surface area (Å²) in [5, 5.41) is 8.93. The van der Waals surface area contributed by atoms with Crippen LogP contribution < -0.4 is 4.72 Å². The zero-order valence-electron chi connectivity index (χ0n) is 11.8. The first-order chi connectivity index (χ1) is 10.3. The maximum absolute atomic E-state index is 12.9. The standard InChI is InChI=1S/C15H15FN2O3S/c16-11-3-1-10(2-4-11)12-7-13(12)14(19)18-22(20,21)9-15(8-17)5-6-15/h1-4,12-13H,5-7,9H2,(H,18,19)/t12-,13-/m1/s1. The Hall–Kier alpha value is -1.94. The Morgan fingerprint density at radius 2 is 2.00 bits per heavy atom. The summed E-state index contributed by atoms with van der Waals surface area (Å²) >= 11 is 0. The quantitative estimate of drug-likeness (QED) is 0.893. The molecule has 1 amide bonds. The molecular formula is C15H15FN2O3S. The molecular weight excluding hydrogens is 307 g/mol. The van der Waals surface area contributed by atoms with Gasteiger partial charge in [0.1, 0.15) is 5.82 Å². The fraction of sp³-hybridized carbons (Fsp3) is 0.467. The van der Waals surface area contributed by atoms with Crippen molar-refractivity contribution in [1.82, 2.24) is 4.72 Å². The van der Waals surface area contributed by atoms with E-state index in [1.54, 1.807) is 12.1 Å². The van der Waals surface area contributed by atoms with E-state index in [0.29, 0.717) is 19.3 Å². The summed E-state index contributed by atoms with van der Waals surface area (Å²) in [5.74, 6) is -1.68. The van der Waals surface area contributed by atoms with Crippen molar-refractivity contribution in [3.05, 3.63) is 35.6 Å². The zero-order chi connectivity index (χ0) is 16.0. The molecule has 0 aliphatic heterocycles. The SMILES string of the molecule is N#CC1(CS(=O)(=O)NC(=O)[C@@H]2C[C@@H]2c2ccc(F)cc2)CC1. The van der Waals surface area contributed by atoms with Crippen LogP contribution in [0, 0.1) is 28.5 Å². The summed E-state index contributed by atoms with van der Waals surface area (Å²) in [6, 6.07) is 7.86. The van der Waals surface area contributed by atoms with Gasteiger partial charge < -0.3 is 0 Å². The molecule has 1 aromatic carbocycles. The van der Waals surface area contributed by atoms with E-state index in [1.165, 1.54) is 12.1 Å². The number of hydrogen-bond donors (Lipinski definition) is 1. The molecule has 0 heterocycles. The minimum absolute atomic E-state index is 0.0679. The predicted octanol–water partition coefficient (Wildman–Crippen LogP) is 1.68. The first-order valence-corrected chi connectivity index (χ1v) is 8.70. The molecule has 0 unspecified atom stereocenters. The van der Waals surface area contributed by atoms with E-state index in [4.69, 9.17) is 5.26 Å². The van der Waals surface area contributed by atoms with E-state index in [-0.39, 0.29) is 17.5 Å². The molecule has 2 fully saturated rings. The van der Waals surface area contributed by atoms with Crippen molar-refractivity contribution in [2.24, 2.45) is 11.3 Å². The lowest BCUT2D eigenvalue weighted by atomic mass is 10.1. The highest BCUT2D eigenvalue weighted by atomic mass is 32.2. The fourth-order valence-corrected chi connectivity index (χ4v) is 4.24. The summed E-state index contributed by atoms with van der Waals surface area (Å²) in [6.07, 6.45) is 1.66. The van der Waals surface area contributed by atoms with Crippen LogP contribution in [0.5, 0.6) is 0 Å². The third kappa shape index (κ3) is 3.12. The summed E-state index contributed by atoms with van der Waals surface area (Å²) in [5.41, 5.74) is 0.0149. The Morgan fingerprint density at radius 3 is 2.55 bits per heavy atom. The van der Waals surface area contributed by atoms with Crippen molar-refractivity contribution in [3.63, 3.8) is 0 Å². The van der Waals surface area contributed by atoms with E-state index < -0.39 is 27.3 Å². The van der Waals surface area contributed by atoms with Gasteiger partial charge in [-0.05, 0) is 42.9 Å². The molecule has 1 N–H and O–H groups in total. The lowest BCUT2D eigenvalue weighted by Gasteiger charge is -2.09. The number of rotatable bonds is 5. The van der Waals surface area contributed by atoms with Gasteiger partial charge in [-0.15, -0.1) is 0 Å². The molecule has 0 spiro atoms. The van der Waals surface area contributed by atoms with Crippen LogP contribution in [0.2, 0.25) is 0 Å². The highest BCUT2D eigenvalue weighted by Gasteiger charge is 2.49. The second-order valence-corrected chi connectivity index (χ2v) is 7.84. The molecule has 7 heteroatoms. The molecule has 2 saturated carbocycles. The van der Waals surface area contributed by atoms with Crippen LogP contribution in [0.4, 0.5) is 4.39 Å². The number of halogens is 1. The number of nitrogens with one attached hydrogen (secondary N) is 1. The van der Waals surface area contributed by atoms with Gasteiger partial charge in [-0.25, -0.2) is 12.8 Å². The zero-order valence-corrected chi connectivity index (χ0v) is 12.6. The molecule has 0 bridgehead atoms. The van der Waals surface area contributed by atoms with Gasteiger partial charge in [-0.2, -0.15) is 5.26 Å². The van der Waals surface area contributed by atoms with Crippen LogP contribution in [0.1, 0.15) is 30.7 Å². The largest absolute Gasteiger partial charge is 0.274 e. The van der Waals surface area contributed by atoms with Crippen LogP contribution in [0.25, 0.3) is 0 Å². The predicted molar refractivity (Wildman–Crippen MR) is 76.5 cm³/mol. The summed E-state index contributed by atoms with van der Waals surface area (Å²) in [7, 11) is -3.79. The van der Waals surface area contributed by atoms with Crippen molar-refractivity contribution < 1.29 is 17.6 Å². The Kier molecular flexibility index (Phi) is 3.44. The molecule has 0 saturated heterocycles. The smallest absolute Gasteiger partial charge is 0.237 e. The average Bonchev–Trinajstić information content (AvgIpc) is 3.33. The average molecular weight is 322 g/mol. The molecule has 0 radical (unpaired) electrons. The number of sulfonamides is 1. The highest BCUT2D eigenvalue weighted by Crippen LogP contribution is 2.48. The normalized spacial score (nSPS) is 25.1.